The monoisotopic (exact) mass is 383 g/mol. The fourth-order valence-electron chi connectivity index (χ4n) is 2.28. The number of thiazole rings is 1. The van der Waals surface area contributed by atoms with Gasteiger partial charge in [0.25, 0.3) is 5.91 Å². The molecule has 1 aromatic carbocycles. The second-order valence-corrected chi connectivity index (χ2v) is 7.46. The van der Waals surface area contributed by atoms with Gasteiger partial charge in [0, 0.05) is 11.8 Å². The summed E-state index contributed by atoms with van der Waals surface area (Å²) >= 11 is 1.46. The Kier molecular flexibility index (Phi) is 8.35. The van der Waals surface area contributed by atoms with E-state index in [0.717, 1.165) is 16.3 Å². The highest BCUT2D eigenvalue weighted by molar-refractivity contribution is 7.09. The summed E-state index contributed by atoms with van der Waals surface area (Å²) in [6, 6.07) is 8.00. The third-order valence-electron chi connectivity index (χ3n) is 3.48. The van der Waals surface area contributed by atoms with Crippen LogP contribution in [0, 0.1) is 0 Å². The van der Waals surface area contributed by atoms with Crippen molar-refractivity contribution in [3.05, 3.63) is 45.9 Å². The topological polar surface area (TPSA) is 77.2 Å². The molecule has 0 bridgehead atoms. The zero-order valence-corrected chi connectivity index (χ0v) is 16.5. The molecule has 0 saturated carbocycles. The van der Waals surface area contributed by atoms with E-state index in [2.05, 4.69) is 37.1 Å². The summed E-state index contributed by atoms with van der Waals surface area (Å²) in [7, 11) is 0. The van der Waals surface area contributed by atoms with Crippen LogP contribution in [0.4, 0.5) is 0 Å². The van der Waals surface area contributed by atoms with Gasteiger partial charge >= 0.3 is 0 Å². The Balaban J connectivity index is 0.00000312. The zero-order chi connectivity index (χ0) is 17.6. The van der Waals surface area contributed by atoms with Crippen LogP contribution in [0.5, 0.6) is 5.75 Å². The van der Waals surface area contributed by atoms with E-state index < -0.39 is 0 Å². The van der Waals surface area contributed by atoms with Crippen LogP contribution in [0.2, 0.25) is 0 Å². The van der Waals surface area contributed by atoms with Crippen molar-refractivity contribution in [2.45, 2.75) is 32.6 Å². The molecule has 0 unspecified atom stereocenters. The smallest absolute Gasteiger partial charge is 0.270 e. The molecule has 1 heterocycles. The van der Waals surface area contributed by atoms with E-state index in [4.69, 9.17) is 10.5 Å². The summed E-state index contributed by atoms with van der Waals surface area (Å²) in [5, 5.41) is 5.48. The molecule has 0 spiro atoms. The first-order valence-corrected chi connectivity index (χ1v) is 8.94. The van der Waals surface area contributed by atoms with Gasteiger partial charge < -0.3 is 15.8 Å². The Morgan fingerprint density at radius 3 is 2.72 bits per heavy atom. The number of nitrogens with one attached hydrogen (secondary N) is 1. The molecule has 0 aliphatic heterocycles. The average molecular weight is 384 g/mol. The molecule has 0 radical (unpaired) electrons. The van der Waals surface area contributed by atoms with Crippen molar-refractivity contribution >= 4 is 29.7 Å². The SMILES string of the molecule is CC(C)(C)c1ccccc1OCCNC(=O)c1csc(CCN)n1.Cl. The normalized spacial score (nSPS) is 10.9. The number of carbonyl (C=O) groups is 1. The number of carbonyl (C=O) groups excluding carboxylic acids is 1. The van der Waals surface area contributed by atoms with E-state index in [1.807, 2.05) is 18.2 Å². The molecule has 0 atom stereocenters. The summed E-state index contributed by atoms with van der Waals surface area (Å²) in [4.78, 5) is 16.3. The quantitative estimate of drug-likeness (QED) is 0.720. The summed E-state index contributed by atoms with van der Waals surface area (Å²) < 4.78 is 5.84. The molecule has 7 heteroatoms. The first-order chi connectivity index (χ1) is 11.4. The number of aromatic nitrogens is 1. The van der Waals surface area contributed by atoms with E-state index in [0.29, 0.717) is 31.8 Å². The molecular weight excluding hydrogens is 358 g/mol. The molecule has 2 aromatic rings. The fourth-order valence-corrected chi connectivity index (χ4v) is 3.08. The highest BCUT2D eigenvalue weighted by Gasteiger charge is 2.18. The second kappa shape index (κ2) is 9.75. The van der Waals surface area contributed by atoms with Crippen LogP contribution in [0.15, 0.2) is 29.6 Å². The van der Waals surface area contributed by atoms with Crippen molar-refractivity contribution in [2.24, 2.45) is 5.73 Å². The van der Waals surface area contributed by atoms with Crippen LogP contribution in [0.3, 0.4) is 0 Å². The maximum Gasteiger partial charge on any atom is 0.270 e. The van der Waals surface area contributed by atoms with E-state index in [-0.39, 0.29) is 23.7 Å². The Bertz CT molecular complexity index is 683. The number of rotatable bonds is 7. The lowest BCUT2D eigenvalue weighted by molar-refractivity contribution is 0.0942. The van der Waals surface area contributed by atoms with Crippen molar-refractivity contribution in [2.75, 3.05) is 19.7 Å². The molecular formula is C18H26ClN3O2S. The minimum absolute atomic E-state index is 0. The first kappa shape index (κ1) is 21.4. The predicted octanol–water partition coefficient (Wildman–Crippen LogP) is 3.17. The molecule has 0 aliphatic carbocycles. The molecule has 0 saturated heterocycles. The van der Waals surface area contributed by atoms with Crippen LogP contribution in [0.25, 0.3) is 0 Å². The largest absolute Gasteiger partial charge is 0.491 e. The molecule has 138 valence electrons. The van der Waals surface area contributed by atoms with Gasteiger partial charge in [-0.15, -0.1) is 23.7 Å². The lowest BCUT2D eigenvalue weighted by atomic mass is 9.86. The Hall–Kier alpha value is -1.63. The van der Waals surface area contributed by atoms with Crippen molar-refractivity contribution in [1.29, 1.82) is 0 Å². The molecule has 1 aromatic heterocycles. The lowest BCUT2D eigenvalue weighted by Crippen LogP contribution is -2.28. The highest BCUT2D eigenvalue weighted by Crippen LogP contribution is 2.30. The number of nitrogens with zero attached hydrogens (tertiary/aromatic N) is 1. The highest BCUT2D eigenvalue weighted by atomic mass is 35.5. The Morgan fingerprint density at radius 2 is 2.04 bits per heavy atom. The van der Waals surface area contributed by atoms with Crippen molar-refractivity contribution < 1.29 is 9.53 Å². The van der Waals surface area contributed by atoms with Crippen LogP contribution in [0.1, 0.15) is 41.8 Å². The number of benzene rings is 1. The predicted molar refractivity (Wildman–Crippen MR) is 105 cm³/mol. The molecule has 3 N–H and O–H groups in total. The van der Waals surface area contributed by atoms with Gasteiger partial charge in [-0.1, -0.05) is 39.0 Å². The van der Waals surface area contributed by atoms with Gasteiger partial charge in [0.2, 0.25) is 0 Å². The second-order valence-electron chi connectivity index (χ2n) is 6.52. The third kappa shape index (κ3) is 6.30. The van der Waals surface area contributed by atoms with E-state index in [1.165, 1.54) is 11.3 Å². The minimum Gasteiger partial charge on any atom is -0.491 e. The molecule has 2 rings (SSSR count). The lowest BCUT2D eigenvalue weighted by Gasteiger charge is -2.22. The van der Waals surface area contributed by atoms with Gasteiger partial charge in [0.15, 0.2) is 0 Å². The third-order valence-corrected chi connectivity index (χ3v) is 4.39. The van der Waals surface area contributed by atoms with E-state index in [9.17, 15) is 4.79 Å². The summed E-state index contributed by atoms with van der Waals surface area (Å²) in [5.74, 6) is 0.681. The van der Waals surface area contributed by atoms with Gasteiger partial charge in [-0.25, -0.2) is 4.98 Å². The molecule has 25 heavy (non-hydrogen) atoms. The number of hydrogen-bond donors (Lipinski definition) is 2. The maximum atomic E-state index is 12.0. The number of para-hydroxylation sites is 1. The minimum atomic E-state index is -0.178. The summed E-state index contributed by atoms with van der Waals surface area (Å²) in [6.45, 7) is 7.84. The number of hydrogen-bond acceptors (Lipinski definition) is 5. The molecule has 0 fully saturated rings. The van der Waals surface area contributed by atoms with Gasteiger partial charge in [0.1, 0.15) is 18.1 Å². The van der Waals surface area contributed by atoms with E-state index >= 15 is 0 Å². The molecule has 5 nitrogen and oxygen atoms in total. The van der Waals surface area contributed by atoms with Crippen LogP contribution in [-0.2, 0) is 11.8 Å². The number of halogens is 1. The van der Waals surface area contributed by atoms with Gasteiger partial charge in [-0.2, -0.15) is 0 Å². The first-order valence-electron chi connectivity index (χ1n) is 8.07. The van der Waals surface area contributed by atoms with Crippen molar-refractivity contribution in [1.82, 2.24) is 10.3 Å². The molecule has 0 aliphatic rings. The van der Waals surface area contributed by atoms with Crippen molar-refractivity contribution in [3.63, 3.8) is 0 Å². The number of ether oxygens (including phenoxy) is 1. The standard InChI is InChI=1S/C18H25N3O2S.ClH/c1-18(2,3)13-6-4-5-7-15(13)23-11-10-20-17(22)14-12-24-16(21-14)8-9-19;/h4-7,12H,8-11,19H2,1-3H3,(H,20,22);1H. The van der Waals surface area contributed by atoms with Gasteiger partial charge in [0.05, 0.1) is 11.6 Å². The zero-order valence-electron chi connectivity index (χ0n) is 14.9. The Labute approximate surface area is 159 Å². The Morgan fingerprint density at radius 1 is 1.32 bits per heavy atom. The van der Waals surface area contributed by atoms with Crippen LogP contribution in [-0.4, -0.2) is 30.6 Å². The van der Waals surface area contributed by atoms with Crippen LogP contribution < -0.4 is 15.8 Å². The van der Waals surface area contributed by atoms with Crippen LogP contribution >= 0.6 is 23.7 Å². The number of amides is 1. The number of nitrogens with two attached hydrogens (primary N) is 1. The maximum absolute atomic E-state index is 12.0. The van der Waals surface area contributed by atoms with Gasteiger partial charge in [-0.3, -0.25) is 4.79 Å². The van der Waals surface area contributed by atoms with E-state index in [1.54, 1.807) is 5.38 Å². The van der Waals surface area contributed by atoms with Gasteiger partial charge in [-0.05, 0) is 23.6 Å². The summed E-state index contributed by atoms with van der Waals surface area (Å²) in [6.07, 6.45) is 0.699. The average Bonchev–Trinajstić information content (AvgIpc) is 3.00. The fraction of sp³-hybridized carbons (Fsp3) is 0.444. The summed E-state index contributed by atoms with van der Waals surface area (Å²) in [5.41, 5.74) is 7.10. The molecule has 1 amide bonds. The van der Waals surface area contributed by atoms with Crippen molar-refractivity contribution in [3.8, 4) is 5.75 Å².